The van der Waals surface area contributed by atoms with Gasteiger partial charge in [0.25, 0.3) is 0 Å². The van der Waals surface area contributed by atoms with Crippen LogP contribution in [-0.4, -0.2) is 36.7 Å². The molecule has 0 spiro atoms. The molecule has 0 amide bonds. The van der Waals surface area contributed by atoms with Crippen molar-refractivity contribution in [3.8, 4) is 5.75 Å². The molecule has 27 heavy (non-hydrogen) atoms. The van der Waals surface area contributed by atoms with E-state index in [9.17, 15) is 9.59 Å². The van der Waals surface area contributed by atoms with Gasteiger partial charge in [0, 0.05) is 19.1 Å². The van der Waals surface area contributed by atoms with Crippen molar-refractivity contribution in [3.63, 3.8) is 0 Å². The maximum Gasteiger partial charge on any atom is 0.314 e. The molecule has 0 heterocycles. The van der Waals surface area contributed by atoms with Crippen LogP contribution in [0.4, 0.5) is 0 Å². The Balaban J connectivity index is 2.53. The highest BCUT2D eigenvalue weighted by atomic mass is 16.5. The third kappa shape index (κ3) is 9.02. The van der Waals surface area contributed by atoms with Crippen LogP contribution in [0.25, 0.3) is 0 Å². The second-order valence-electron chi connectivity index (χ2n) is 7.61. The first-order valence-electron chi connectivity index (χ1n) is 9.35. The molecular formula is C21H33NO5. The quantitative estimate of drug-likeness (QED) is 0.468. The normalized spacial score (nSPS) is 13.7. The van der Waals surface area contributed by atoms with E-state index in [4.69, 9.17) is 14.2 Å². The summed E-state index contributed by atoms with van der Waals surface area (Å²) in [6.45, 7) is 10.3. The van der Waals surface area contributed by atoms with Crippen LogP contribution in [0, 0.1) is 0 Å². The highest BCUT2D eigenvalue weighted by molar-refractivity contribution is 5.73. The zero-order chi connectivity index (χ0) is 20.5. The van der Waals surface area contributed by atoms with Crippen LogP contribution in [0.5, 0.6) is 5.75 Å². The molecule has 1 aromatic carbocycles. The van der Waals surface area contributed by atoms with Crippen molar-refractivity contribution in [2.24, 2.45) is 0 Å². The van der Waals surface area contributed by atoms with Crippen LogP contribution < -0.4 is 10.1 Å². The van der Waals surface area contributed by atoms with Gasteiger partial charge in [-0.05, 0) is 58.4 Å². The van der Waals surface area contributed by atoms with Crippen molar-refractivity contribution in [2.75, 3.05) is 13.7 Å². The molecule has 0 saturated heterocycles. The molecule has 1 atom stereocenters. The molecule has 0 aliphatic rings. The SMILES string of the molecule is CCC(C)(CC(=O)Oc1ccc(COC(C)=O)cc1)OCCC(C)(C)NC. The molecule has 6 nitrogen and oxygen atoms in total. The van der Waals surface area contributed by atoms with E-state index in [1.807, 2.05) is 20.9 Å². The molecule has 6 heteroatoms. The van der Waals surface area contributed by atoms with E-state index in [-0.39, 0.29) is 30.5 Å². The zero-order valence-electron chi connectivity index (χ0n) is 17.4. The molecule has 0 aliphatic carbocycles. The summed E-state index contributed by atoms with van der Waals surface area (Å²) in [4.78, 5) is 23.2. The summed E-state index contributed by atoms with van der Waals surface area (Å²) >= 11 is 0. The molecular weight excluding hydrogens is 346 g/mol. The predicted molar refractivity (Wildman–Crippen MR) is 105 cm³/mol. The van der Waals surface area contributed by atoms with E-state index in [2.05, 4.69) is 19.2 Å². The van der Waals surface area contributed by atoms with Gasteiger partial charge in [0.15, 0.2) is 0 Å². The van der Waals surface area contributed by atoms with Gasteiger partial charge in [0.1, 0.15) is 12.4 Å². The van der Waals surface area contributed by atoms with Gasteiger partial charge in [0.05, 0.1) is 12.0 Å². The molecule has 0 bridgehead atoms. The maximum absolute atomic E-state index is 12.3. The van der Waals surface area contributed by atoms with E-state index in [0.717, 1.165) is 12.0 Å². The lowest BCUT2D eigenvalue weighted by Crippen LogP contribution is -2.39. The van der Waals surface area contributed by atoms with Gasteiger partial charge in [-0.3, -0.25) is 9.59 Å². The van der Waals surface area contributed by atoms with E-state index in [0.29, 0.717) is 18.8 Å². The van der Waals surface area contributed by atoms with Gasteiger partial charge in [-0.25, -0.2) is 0 Å². The van der Waals surface area contributed by atoms with E-state index < -0.39 is 5.60 Å². The summed E-state index contributed by atoms with van der Waals surface area (Å²) in [5.41, 5.74) is 0.262. The Bertz CT molecular complexity index is 612. The van der Waals surface area contributed by atoms with Gasteiger partial charge in [0.2, 0.25) is 0 Å². The van der Waals surface area contributed by atoms with E-state index >= 15 is 0 Å². The molecule has 1 unspecified atom stereocenters. The summed E-state index contributed by atoms with van der Waals surface area (Å²) in [5.74, 6) is -0.205. The Morgan fingerprint density at radius 3 is 2.26 bits per heavy atom. The molecule has 1 aromatic rings. The van der Waals surface area contributed by atoms with Gasteiger partial charge in [-0.15, -0.1) is 0 Å². The van der Waals surface area contributed by atoms with Crippen molar-refractivity contribution < 1.29 is 23.8 Å². The topological polar surface area (TPSA) is 73.9 Å². The molecule has 0 aliphatic heterocycles. The average molecular weight is 379 g/mol. The lowest BCUT2D eigenvalue weighted by molar-refractivity contribution is -0.143. The fourth-order valence-corrected chi connectivity index (χ4v) is 2.27. The minimum Gasteiger partial charge on any atom is -0.461 e. The Morgan fingerprint density at radius 1 is 1.11 bits per heavy atom. The van der Waals surface area contributed by atoms with Gasteiger partial charge >= 0.3 is 11.9 Å². The number of hydrogen-bond acceptors (Lipinski definition) is 6. The summed E-state index contributed by atoms with van der Waals surface area (Å²) in [6, 6.07) is 6.91. The standard InChI is InChI=1S/C21H33NO5/c1-7-21(5,26-13-12-20(3,4)22-6)14-19(24)27-18-10-8-17(9-11-18)15-25-16(2)23/h8-11,22H,7,12-15H2,1-6H3. The van der Waals surface area contributed by atoms with E-state index in [1.165, 1.54) is 6.92 Å². The average Bonchev–Trinajstić information content (AvgIpc) is 2.60. The smallest absolute Gasteiger partial charge is 0.314 e. The number of rotatable bonds is 11. The molecule has 0 radical (unpaired) electrons. The highest BCUT2D eigenvalue weighted by Gasteiger charge is 2.28. The van der Waals surface area contributed by atoms with Crippen molar-refractivity contribution in [2.45, 2.75) is 71.6 Å². The minimum absolute atomic E-state index is 0.0109. The van der Waals surface area contributed by atoms with Crippen LogP contribution in [0.15, 0.2) is 24.3 Å². The Kier molecular flexibility index (Phi) is 8.93. The van der Waals surface area contributed by atoms with Crippen molar-refractivity contribution >= 4 is 11.9 Å². The predicted octanol–water partition coefficient (Wildman–Crippen LogP) is 3.62. The maximum atomic E-state index is 12.3. The van der Waals surface area contributed by atoms with Crippen LogP contribution in [-0.2, 0) is 25.7 Å². The lowest BCUT2D eigenvalue weighted by Gasteiger charge is -2.30. The number of carbonyl (C=O) groups excluding carboxylic acids is 2. The first kappa shape index (κ1) is 23.1. The van der Waals surface area contributed by atoms with Crippen molar-refractivity contribution in [3.05, 3.63) is 29.8 Å². The lowest BCUT2D eigenvalue weighted by atomic mass is 9.98. The second-order valence-corrected chi connectivity index (χ2v) is 7.61. The highest BCUT2D eigenvalue weighted by Crippen LogP contribution is 2.23. The van der Waals surface area contributed by atoms with Crippen LogP contribution in [0.1, 0.15) is 59.4 Å². The van der Waals surface area contributed by atoms with E-state index in [1.54, 1.807) is 24.3 Å². The molecule has 1 N–H and O–H groups in total. The van der Waals surface area contributed by atoms with Gasteiger partial charge < -0.3 is 19.5 Å². The zero-order valence-corrected chi connectivity index (χ0v) is 17.4. The summed E-state index contributed by atoms with van der Waals surface area (Å²) in [5, 5.41) is 3.24. The number of carbonyl (C=O) groups is 2. The fourth-order valence-electron chi connectivity index (χ4n) is 2.27. The summed E-state index contributed by atoms with van der Waals surface area (Å²) < 4.78 is 16.4. The van der Waals surface area contributed by atoms with Crippen LogP contribution >= 0.6 is 0 Å². The van der Waals surface area contributed by atoms with Crippen molar-refractivity contribution in [1.29, 1.82) is 0 Å². The van der Waals surface area contributed by atoms with Crippen LogP contribution in [0.3, 0.4) is 0 Å². The fraction of sp³-hybridized carbons (Fsp3) is 0.619. The molecule has 0 saturated carbocycles. The Hall–Kier alpha value is -1.92. The number of hydrogen-bond donors (Lipinski definition) is 1. The number of esters is 2. The third-order valence-corrected chi connectivity index (χ3v) is 4.72. The van der Waals surface area contributed by atoms with Gasteiger partial charge in [-0.2, -0.15) is 0 Å². The Morgan fingerprint density at radius 2 is 1.74 bits per heavy atom. The molecule has 1 rings (SSSR count). The molecule has 0 aromatic heterocycles. The monoisotopic (exact) mass is 379 g/mol. The van der Waals surface area contributed by atoms with Crippen LogP contribution in [0.2, 0.25) is 0 Å². The summed E-state index contributed by atoms with van der Waals surface area (Å²) in [7, 11) is 1.92. The second kappa shape index (κ2) is 10.4. The number of ether oxygens (including phenoxy) is 3. The Labute approximate surface area is 162 Å². The summed E-state index contributed by atoms with van der Waals surface area (Å²) in [6.07, 6.45) is 1.74. The molecule has 152 valence electrons. The molecule has 0 fully saturated rings. The van der Waals surface area contributed by atoms with Gasteiger partial charge in [-0.1, -0.05) is 19.1 Å². The minimum atomic E-state index is -0.559. The largest absolute Gasteiger partial charge is 0.461 e. The first-order chi connectivity index (χ1) is 12.6. The third-order valence-electron chi connectivity index (χ3n) is 4.72. The first-order valence-corrected chi connectivity index (χ1v) is 9.35. The number of benzene rings is 1. The van der Waals surface area contributed by atoms with Crippen molar-refractivity contribution in [1.82, 2.24) is 5.32 Å². The number of nitrogens with one attached hydrogen (secondary N) is 1.